The number of hydrogen-bond donors (Lipinski definition) is 2. The van der Waals surface area contributed by atoms with Gasteiger partial charge in [0.15, 0.2) is 0 Å². The summed E-state index contributed by atoms with van der Waals surface area (Å²) in [6, 6.07) is 5.16. The fourth-order valence-corrected chi connectivity index (χ4v) is 2.29. The number of carbonyl (C=O) groups is 1. The molecule has 0 heterocycles. The maximum atomic E-state index is 12.1. The third-order valence-corrected chi connectivity index (χ3v) is 3.85. The van der Waals surface area contributed by atoms with E-state index >= 15 is 0 Å². The van der Waals surface area contributed by atoms with Crippen LogP contribution >= 0.6 is 0 Å². The Balaban J connectivity index is 2.41. The molecule has 1 aromatic rings. The van der Waals surface area contributed by atoms with Gasteiger partial charge in [0.25, 0.3) is 5.91 Å². The molecule has 0 bridgehead atoms. The third kappa shape index (κ3) is 5.76. The molecule has 2 N–H and O–H groups in total. The van der Waals surface area contributed by atoms with Gasteiger partial charge in [-0.15, -0.1) is 0 Å². The van der Waals surface area contributed by atoms with Gasteiger partial charge in [-0.1, -0.05) is 19.9 Å². The molecule has 0 saturated carbocycles. The number of aromatic hydroxyl groups is 1. The van der Waals surface area contributed by atoms with Gasteiger partial charge in [-0.05, 0) is 64.0 Å². The summed E-state index contributed by atoms with van der Waals surface area (Å²) in [6.07, 6.45) is 2.03. The summed E-state index contributed by atoms with van der Waals surface area (Å²) in [4.78, 5) is 14.5. The highest BCUT2D eigenvalue weighted by Crippen LogP contribution is 2.17. The Bertz CT molecular complexity index is 456. The number of phenols is 1. The number of hydrogen-bond acceptors (Lipinski definition) is 3. The Morgan fingerprint density at radius 2 is 2.00 bits per heavy atom. The monoisotopic (exact) mass is 292 g/mol. The second-order valence-corrected chi connectivity index (χ2v) is 5.54. The number of phenolic OH excluding ortho intramolecular Hbond substituents is 1. The van der Waals surface area contributed by atoms with Gasteiger partial charge in [0.05, 0.1) is 0 Å². The van der Waals surface area contributed by atoms with Crippen molar-refractivity contribution in [3.8, 4) is 5.75 Å². The lowest BCUT2D eigenvalue weighted by atomic mass is 10.1. The van der Waals surface area contributed by atoms with Crippen molar-refractivity contribution in [2.24, 2.45) is 0 Å². The topological polar surface area (TPSA) is 52.6 Å². The summed E-state index contributed by atoms with van der Waals surface area (Å²) in [6.45, 7) is 11.4. The maximum absolute atomic E-state index is 12.1. The van der Waals surface area contributed by atoms with E-state index in [-0.39, 0.29) is 17.7 Å². The molecule has 21 heavy (non-hydrogen) atoms. The van der Waals surface area contributed by atoms with Gasteiger partial charge in [-0.25, -0.2) is 0 Å². The van der Waals surface area contributed by atoms with E-state index in [1.54, 1.807) is 12.1 Å². The van der Waals surface area contributed by atoms with E-state index in [1.165, 1.54) is 6.07 Å². The van der Waals surface area contributed by atoms with Crippen LogP contribution in [0.25, 0.3) is 0 Å². The van der Waals surface area contributed by atoms with Crippen molar-refractivity contribution < 1.29 is 9.90 Å². The van der Waals surface area contributed by atoms with Crippen LogP contribution in [0.5, 0.6) is 5.75 Å². The molecule has 0 spiro atoms. The molecule has 118 valence electrons. The summed E-state index contributed by atoms with van der Waals surface area (Å²) in [7, 11) is 0. The normalized spacial score (nSPS) is 12.4. The van der Waals surface area contributed by atoms with Crippen LogP contribution in [0, 0.1) is 6.92 Å². The van der Waals surface area contributed by atoms with E-state index < -0.39 is 0 Å². The first-order chi connectivity index (χ1) is 9.97. The molecule has 4 heteroatoms. The van der Waals surface area contributed by atoms with E-state index in [0.29, 0.717) is 5.56 Å². The molecule has 1 amide bonds. The standard InChI is InChI=1S/C17H28N2O2/c1-5-19(6-2)11-7-8-14(4)18-17(21)15-10-9-13(3)16(20)12-15/h9-10,12,14,20H,5-8,11H2,1-4H3,(H,18,21). The predicted octanol–water partition coefficient (Wildman–Crippen LogP) is 2.94. The summed E-state index contributed by atoms with van der Waals surface area (Å²) in [5, 5.41) is 12.6. The summed E-state index contributed by atoms with van der Waals surface area (Å²) < 4.78 is 0. The highest BCUT2D eigenvalue weighted by molar-refractivity contribution is 5.94. The minimum Gasteiger partial charge on any atom is -0.508 e. The van der Waals surface area contributed by atoms with Gasteiger partial charge < -0.3 is 15.3 Å². The van der Waals surface area contributed by atoms with Crippen LogP contribution in [0.4, 0.5) is 0 Å². The highest BCUT2D eigenvalue weighted by Gasteiger charge is 2.11. The van der Waals surface area contributed by atoms with Crippen molar-refractivity contribution in [2.45, 2.75) is 46.6 Å². The van der Waals surface area contributed by atoms with Crippen LogP contribution in [-0.2, 0) is 0 Å². The Morgan fingerprint density at radius 1 is 1.33 bits per heavy atom. The Hall–Kier alpha value is -1.55. The second kappa shape index (κ2) is 8.67. The van der Waals surface area contributed by atoms with Crippen molar-refractivity contribution in [3.63, 3.8) is 0 Å². The van der Waals surface area contributed by atoms with Crippen LogP contribution in [-0.4, -0.2) is 41.6 Å². The van der Waals surface area contributed by atoms with E-state index in [2.05, 4.69) is 24.1 Å². The van der Waals surface area contributed by atoms with Gasteiger partial charge in [0.1, 0.15) is 5.75 Å². The van der Waals surface area contributed by atoms with E-state index in [0.717, 1.165) is 38.0 Å². The zero-order chi connectivity index (χ0) is 15.8. The fraction of sp³-hybridized carbons (Fsp3) is 0.588. The molecule has 1 unspecified atom stereocenters. The number of rotatable bonds is 8. The van der Waals surface area contributed by atoms with Crippen molar-refractivity contribution in [2.75, 3.05) is 19.6 Å². The molecule has 0 saturated heterocycles. The molecular formula is C17H28N2O2. The second-order valence-electron chi connectivity index (χ2n) is 5.54. The molecule has 0 aliphatic carbocycles. The van der Waals surface area contributed by atoms with Gasteiger partial charge in [-0.2, -0.15) is 0 Å². The van der Waals surface area contributed by atoms with Crippen molar-refractivity contribution in [1.29, 1.82) is 0 Å². The van der Waals surface area contributed by atoms with E-state index in [9.17, 15) is 9.90 Å². The van der Waals surface area contributed by atoms with Crippen molar-refractivity contribution in [1.82, 2.24) is 10.2 Å². The van der Waals surface area contributed by atoms with Crippen LogP contribution in [0.1, 0.15) is 49.5 Å². The molecule has 1 rings (SSSR count). The average molecular weight is 292 g/mol. The number of aryl methyl sites for hydroxylation is 1. The zero-order valence-electron chi connectivity index (χ0n) is 13.6. The fourth-order valence-electron chi connectivity index (χ4n) is 2.29. The maximum Gasteiger partial charge on any atom is 0.251 e. The van der Waals surface area contributed by atoms with Crippen LogP contribution < -0.4 is 5.32 Å². The molecule has 0 aliphatic rings. The number of benzene rings is 1. The molecule has 1 aromatic carbocycles. The molecule has 0 fully saturated rings. The first kappa shape index (κ1) is 17.5. The molecule has 1 atom stereocenters. The Labute approximate surface area is 128 Å². The first-order valence-corrected chi connectivity index (χ1v) is 7.80. The average Bonchev–Trinajstić information content (AvgIpc) is 2.46. The quantitative estimate of drug-likeness (QED) is 0.774. The van der Waals surface area contributed by atoms with Crippen LogP contribution in [0.3, 0.4) is 0 Å². The third-order valence-electron chi connectivity index (χ3n) is 3.85. The number of amides is 1. The molecule has 0 radical (unpaired) electrons. The minimum absolute atomic E-state index is 0.124. The molecule has 0 aromatic heterocycles. The summed E-state index contributed by atoms with van der Waals surface area (Å²) in [5.74, 6) is 0.0393. The number of nitrogens with zero attached hydrogens (tertiary/aromatic N) is 1. The van der Waals surface area contributed by atoms with Crippen LogP contribution in [0.2, 0.25) is 0 Å². The molecule has 0 aliphatic heterocycles. The van der Waals surface area contributed by atoms with Gasteiger partial charge in [-0.3, -0.25) is 4.79 Å². The lowest BCUT2D eigenvalue weighted by Gasteiger charge is -2.19. The highest BCUT2D eigenvalue weighted by atomic mass is 16.3. The van der Waals surface area contributed by atoms with Gasteiger partial charge in [0, 0.05) is 11.6 Å². The minimum atomic E-state index is -0.124. The zero-order valence-corrected chi connectivity index (χ0v) is 13.6. The van der Waals surface area contributed by atoms with Gasteiger partial charge in [0.2, 0.25) is 0 Å². The smallest absolute Gasteiger partial charge is 0.251 e. The van der Waals surface area contributed by atoms with Crippen molar-refractivity contribution in [3.05, 3.63) is 29.3 Å². The number of nitrogens with one attached hydrogen (secondary N) is 1. The lowest BCUT2D eigenvalue weighted by molar-refractivity contribution is 0.0937. The lowest BCUT2D eigenvalue weighted by Crippen LogP contribution is -2.33. The SMILES string of the molecule is CCN(CC)CCCC(C)NC(=O)c1ccc(C)c(O)c1. The summed E-state index contributed by atoms with van der Waals surface area (Å²) in [5.41, 5.74) is 1.28. The largest absolute Gasteiger partial charge is 0.508 e. The van der Waals surface area contributed by atoms with E-state index in [1.807, 2.05) is 13.8 Å². The predicted molar refractivity (Wildman–Crippen MR) is 86.8 cm³/mol. The van der Waals surface area contributed by atoms with Gasteiger partial charge >= 0.3 is 0 Å². The Kier molecular flexibility index (Phi) is 7.23. The molecular weight excluding hydrogens is 264 g/mol. The Morgan fingerprint density at radius 3 is 2.57 bits per heavy atom. The molecule has 4 nitrogen and oxygen atoms in total. The van der Waals surface area contributed by atoms with E-state index in [4.69, 9.17) is 0 Å². The van der Waals surface area contributed by atoms with Crippen molar-refractivity contribution >= 4 is 5.91 Å². The first-order valence-electron chi connectivity index (χ1n) is 7.80. The number of carbonyl (C=O) groups excluding carboxylic acids is 1. The van der Waals surface area contributed by atoms with Crippen LogP contribution in [0.15, 0.2) is 18.2 Å². The summed E-state index contributed by atoms with van der Waals surface area (Å²) >= 11 is 0.